The van der Waals surface area contributed by atoms with Crippen LogP contribution in [0.3, 0.4) is 0 Å². The molecule has 2 heterocycles. The highest BCUT2D eigenvalue weighted by atomic mass is 35.5. The molecule has 1 atom stereocenters. The van der Waals surface area contributed by atoms with Crippen molar-refractivity contribution >= 4 is 29.9 Å². The number of aromatic nitrogens is 2. The van der Waals surface area contributed by atoms with Gasteiger partial charge in [-0.05, 0) is 50.4 Å². The number of carbonyl (C=O) groups is 2. The molecule has 3 rings (SSSR count). The summed E-state index contributed by atoms with van der Waals surface area (Å²) in [7, 11) is 0. The molecule has 0 bridgehead atoms. The molecule has 7 nitrogen and oxygen atoms in total. The molecule has 0 saturated carbocycles. The number of nitrogens with one attached hydrogen (secondary N) is 2. The van der Waals surface area contributed by atoms with Crippen LogP contribution >= 0.6 is 12.4 Å². The SMILES string of the molecule is CCCN(CC(=O)Nc1ccccc1C)C(=O)c1ccn(C2CCCNC2)n1.Cl. The number of halogens is 1. The number of aryl methyl sites for hydroxylation is 1. The van der Waals surface area contributed by atoms with Crippen molar-refractivity contribution in [1.82, 2.24) is 20.0 Å². The minimum Gasteiger partial charge on any atom is -0.328 e. The van der Waals surface area contributed by atoms with Crippen LogP contribution in [0.5, 0.6) is 0 Å². The van der Waals surface area contributed by atoms with Crippen LogP contribution in [0.25, 0.3) is 0 Å². The van der Waals surface area contributed by atoms with Crippen LogP contribution in [0, 0.1) is 6.92 Å². The largest absolute Gasteiger partial charge is 0.328 e. The van der Waals surface area contributed by atoms with E-state index in [1.807, 2.05) is 49.0 Å². The van der Waals surface area contributed by atoms with Gasteiger partial charge in [0.1, 0.15) is 12.2 Å². The highest BCUT2D eigenvalue weighted by Crippen LogP contribution is 2.17. The Labute approximate surface area is 178 Å². The van der Waals surface area contributed by atoms with Gasteiger partial charge in [0.15, 0.2) is 0 Å². The number of benzene rings is 1. The molecule has 1 saturated heterocycles. The van der Waals surface area contributed by atoms with Gasteiger partial charge in [0, 0.05) is 25.0 Å². The van der Waals surface area contributed by atoms with Crippen molar-refractivity contribution in [1.29, 1.82) is 0 Å². The lowest BCUT2D eigenvalue weighted by atomic mass is 10.1. The summed E-state index contributed by atoms with van der Waals surface area (Å²) in [5.41, 5.74) is 2.15. The first kappa shape index (κ1) is 22.9. The van der Waals surface area contributed by atoms with E-state index in [-0.39, 0.29) is 36.8 Å². The average Bonchev–Trinajstić information content (AvgIpc) is 3.20. The Morgan fingerprint density at radius 1 is 1.31 bits per heavy atom. The van der Waals surface area contributed by atoms with Gasteiger partial charge in [-0.25, -0.2) is 0 Å². The average molecular weight is 420 g/mol. The topological polar surface area (TPSA) is 79.3 Å². The number of hydrogen-bond donors (Lipinski definition) is 2. The van der Waals surface area contributed by atoms with Crippen molar-refractivity contribution in [3.05, 3.63) is 47.8 Å². The molecule has 2 N–H and O–H groups in total. The summed E-state index contributed by atoms with van der Waals surface area (Å²) in [6.45, 7) is 6.36. The molecule has 0 radical (unpaired) electrons. The van der Waals surface area contributed by atoms with Gasteiger partial charge in [-0.15, -0.1) is 12.4 Å². The first-order valence-corrected chi connectivity index (χ1v) is 9.99. The van der Waals surface area contributed by atoms with Crippen molar-refractivity contribution in [2.45, 2.75) is 39.2 Å². The van der Waals surface area contributed by atoms with Gasteiger partial charge in [-0.3, -0.25) is 14.3 Å². The molecule has 2 amide bonds. The highest BCUT2D eigenvalue weighted by molar-refractivity contribution is 5.98. The summed E-state index contributed by atoms with van der Waals surface area (Å²) < 4.78 is 1.87. The number of rotatable bonds is 7. The predicted octanol–water partition coefficient (Wildman–Crippen LogP) is 3.03. The summed E-state index contributed by atoms with van der Waals surface area (Å²) in [6.07, 6.45) is 4.80. The number of hydrogen-bond acceptors (Lipinski definition) is 4. The third-order valence-corrected chi connectivity index (χ3v) is 5.01. The Morgan fingerprint density at radius 3 is 2.79 bits per heavy atom. The molecule has 1 aliphatic rings. The van der Waals surface area contributed by atoms with Crippen molar-refractivity contribution < 1.29 is 9.59 Å². The van der Waals surface area contributed by atoms with Gasteiger partial charge >= 0.3 is 0 Å². The molecular formula is C21H30ClN5O2. The van der Waals surface area contributed by atoms with E-state index in [1.54, 1.807) is 11.0 Å². The second-order valence-corrected chi connectivity index (χ2v) is 7.27. The molecule has 158 valence electrons. The Bertz CT molecular complexity index is 817. The number of para-hydroxylation sites is 1. The Morgan fingerprint density at radius 2 is 2.10 bits per heavy atom. The minimum atomic E-state index is -0.204. The van der Waals surface area contributed by atoms with Crippen LogP contribution in [0.1, 0.15) is 48.3 Å². The molecule has 1 aromatic carbocycles. The van der Waals surface area contributed by atoms with E-state index < -0.39 is 0 Å². The molecule has 1 fully saturated rings. The fraction of sp³-hybridized carbons (Fsp3) is 0.476. The smallest absolute Gasteiger partial charge is 0.274 e. The van der Waals surface area contributed by atoms with E-state index in [4.69, 9.17) is 0 Å². The molecule has 29 heavy (non-hydrogen) atoms. The van der Waals surface area contributed by atoms with E-state index in [2.05, 4.69) is 15.7 Å². The quantitative estimate of drug-likeness (QED) is 0.723. The van der Waals surface area contributed by atoms with Crippen molar-refractivity contribution in [2.24, 2.45) is 0 Å². The summed E-state index contributed by atoms with van der Waals surface area (Å²) in [5, 5.41) is 10.8. The Balaban J connectivity index is 0.00000300. The lowest BCUT2D eigenvalue weighted by Crippen LogP contribution is -2.39. The molecule has 0 aliphatic carbocycles. The van der Waals surface area contributed by atoms with Crippen LogP contribution < -0.4 is 10.6 Å². The maximum Gasteiger partial charge on any atom is 0.274 e. The maximum atomic E-state index is 12.9. The first-order valence-electron chi connectivity index (χ1n) is 9.99. The lowest BCUT2D eigenvalue weighted by molar-refractivity contribution is -0.116. The van der Waals surface area contributed by atoms with Crippen LogP contribution in [-0.2, 0) is 4.79 Å². The Hall–Kier alpha value is -2.38. The Kier molecular flexibility index (Phi) is 8.67. The van der Waals surface area contributed by atoms with E-state index in [9.17, 15) is 9.59 Å². The van der Waals surface area contributed by atoms with Gasteiger partial charge in [0.2, 0.25) is 5.91 Å². The minimum absolute atomic E-state index is 0. The molecular weight excluding hydrogens is 390 g/mol. The summed E-state index contributed by atoms with van der Waals surface area (Å²) in [5.74, 6) is -0.406. The second-order valence-electron chi connectivity index (χ2n) is 7.27. The number of nitrogens with zero attached hydrogens (tertiary/aromatic N) is 3. The molecule has 8 heteroatoms. The highest BCUT2D eigenvalue weighted by Gasteiger charge is 2.22. The van der Waals surface area contributed by atoms with Crippen LogP contribution in [-0.4, -0.2) is 52.7 Å². The van der Waals surface area contributed by atoms with Gasteiger partial charge in [-0.2, -0.15) is 5.10 Å². The van der Waals surface area contributed by atoms with E-state index in [1.165, 1.54) is 0 Å². The van der Waals surface area contributed by atoms with Crippen molar-refractivity contribution in [2.75, 3.05) is 31.5 Å². The molecule has 0 spiro atoms. The van der Waals surface area contributed by atoms with Crippen molar-refractivity contribution in [3.8, 4) is 0 Å². The summed E-state index contributed by atoms with van der Waals surface area (Å²) >= 11 is 0. The van der Waals surface area contributed by atoms with Crippen LogP contribution in [0.4, 0.5) is 5.69 Å². The van der Waals surface area contributed by atoms with Gasteiger partial charge in [0.25, 0.3) is 5.91 Å². The third kappa shape index (κ3) is 6.05. The van der Waals surface area contributed by atoms with Gasteiger partial charge in [0.05, 0.1) is 6.04 Å². The number of anilines is 1. The zero-order chi connectivity index (χ0) is 19.9. The zero-order valence-corrected chi connectivity index (χ0v) is 17.9. The lowest BCUT2D eigenvalue weighted by Gasteiger charge is -2.23. The second kappa shape index (κ2) is 11.0. The molecule has 1 aromatic heterocycles. The molecule has 1 unspecified atom stereocenters. The predicted molar refractivity (Wildman–Crippen MR) is 117 cm³/mol. The molecule has 2 aromatic rings. The summed E-state index contributed by atoms with van der Waals surface area (Å²) in [4.78, 5) is 27.0. The first-order chi connectivity index (χ1) is 13.6. The summed E-state index contributed by atoms with van der Waals surface area (Å²) in [6, 6.07) is 9.63. The van der Waals surface area contributed by atoms with E-state index in [0.29, 0.717) is 12.2 Å². The van der Waals surface area contributed by atoms with Crippen LogP contribution in [0.15, 0.2) is 36.5 Å². The monoisotopic (exact) mass is 419 g/mol. The normalized spacial score (nSPS) is 16.0. The van der Waals surface area contributed by atoms with E-state index >= 15 is 0 Å². The molecule has 1 aliphatic heterocycles. The fourth-order valence-corrected chi connectivity index (χ4v) is 3.48. The van der Waals surface area contributed by atoms with Gasteiger partial charge < -0.3 is 15.5 Å². The standard InChI is InChI=1S/C21H29N5O2.ClH/c1-3-12-25(15-20(27)23-18-9-5-4-7-16(18)2)21(28)19-10-13-26(24-19)17-8-6-11-22-14-17;/h4-5,7,9-10,13,17,22H,3,6,8,11-12,14-15H2,1-2H3,(H,23,27);1H. The zero-order valence-electron chi connectivity index (χ0n) is 17.1. The number of carbonyl (C=O) groups excluding carboxylic acids is 2. The van der Waals surface area contributed by atoms with Crippen LogP contribution in [0.2, 0.25) is 0 Å². The number of amides is 2. The van der Waals surface area contributed by atoms with Crippen molar-refractivity contribution in [3.63, 3.8) is 0 Å². The maximum absolute atomic E-state index is 12.9. The third-order valence-electron chi connectivity index (χ3n) is 5.01. The van der Waals surface area contributed by atoms with E-state index in [0.717, 1.165) is 43.6 Å². The number of piperidine rings is 1. The fourth-order valence-electron chi connectivity index (χ4n) is 3.48. The van der Waals surface area contributed by atoms with Gasteiger partial charge in [-0.1, -0.05) is 25.1 Å².